The van der Waals surface area contributed by atoms with Crippen molar-refractivity contribution in [1.29, 1.82) is 0 Å². The van der Waals surface area contributed by atoms with Gasteiger partial charge in [-0.15, -0.1) is 0 Å². The number of anilines is 1. The lowest BCUT2D eigenvalue weighted by molar-refractivity contribution is 0.354. The van der Waals surface area contributed by atoms with Crippen molar-refractivity contribution in [3.05, 3.63) is 55.5 Å². The number of ether oxygens (including phenoxy) is 1. The zero-order valence-electron chi connectivity index (χ0n) is 11.5. The van der Waals surface area contributed by atoms with E-state index in [1.807, 2.05) is 31.2 Å². The molecule has 0 atom stereocenters. The van der Waals surface area contributed by atoms with Crippen molar-refractivity contribution in [3.63, 3.8) is 0 Å². The van der Waals surface area contributed by atoms with Gasteiger partial charge in [0.2, 0.25) is 0 Å². The zero-order chi connectivity index (χ0) is 15.0. The van der Waals surface area contributed by atoms with Crippen molar-refractivity contribution < 1.29 is 4.74 Å². The van der Waals surface area contributed by atoms with Crippen molar-refractivity contribution >= 4 is 44.8 Å². The Bertz CT molecular complexity index is 703. The number of hydrogen-bond acceptors (Lipinski definition) is 2. The number of halogens is 3. The molecular formula is C16H14BrCl2NO. The molecule has 0 radical (unpaired) electrons. The normalized spacial score (nSPS) is 13.0. The highest BCUT2D eigenvalue weighted by molar-refractivity contribution is 9.10. The van der Waals surface area contributed by atoms with E-state index < -0.39 is 0 Å². The van der Waals surface area contributed by atoms with Gasteiger partial charge in [-0.05, 0) is 58.2 Å². The molecule has 1 aliphatic rings. The molecule has 21 heavy (non-hydrogen) atoms. The molecule has 3 rings (SSSR count). The van der Waals surface area contributed by atoms with Crippen LogP contribution in [0.5, 0.6) is 5.75 Å². The van der Waals surface area contributed by atoms with Gasteiger partial charge < -0.3 is 10.1 Å². The predicted octanol–water partition coefficient (Wildman–Crippen LogP) is 5.61. The molecule has 0 bridgehead atoms. The first kappa shape index (κ1) is 15.0. The van der Waals surface area contributed by atoms with Crippen LogP contribution in [0, 0.1) is 6.92 Å². The molecule has 0 unspecified atom stereocenters. The lowest BCUT2D eigenvalue weighted by Crippen LogP contribution is -2.02. The fourth-order valence-corrected chi connectivity index (χ4v) is 3.47. The highest BCUT2D eigenvalue weighted by Crippen LogP contribution is 2.34. The van der Waals surface area contributed by atoms with Crippen LogP contribution < -0.4 is 10.1 Å². The van der Waals surface area contributed by atoms with Crippen molar-refractivity contribution in [3.8, 4) is 5.75 Å². The number of rotatable bonds is 3. The maximum Gasteiger partial charge on any atom is 0.127 e. The second kappa shape index (κ2) is 6.07. The minimum Gasteiger partial charge on any atom is -0.493 e. The van der Waals surface area contributed by atoms with Crippen molar-refractivity contribution in [2.45, 2.75) is 19.9 Å². The fraction of sp³-hybridized carbons (Fsp3) is 0.250. The Morgan fingerprint density at radius 1 is 1.24 bits per heavy atom. The summed E-state index contributed by atoms with van der Waals surface area (Å²) in [5.41, 5.74) is 4.25. The van der Waals surface area contributed by atoms with Gasteiger partial charge in [-0.1, -0.05) is 23.2 Å². The molecule has 0 saturated heterocycles. The van der Waals surface area contributed by atoms with Gasteiger partial charge in [0, 0.05) is 33.0 Å². The van der Waals surface area contributed by atoms with Crippen LogP contribution in [0.15, 0.2) is 28.7 Å². The van der Waals surface area contributed by atoms with Gasteiger partial charge in [0.15, 0.2) is 0 Å². The molecule has 1 N–H and O–H groups in total. The number of aryl methyl sites for hydroxylation is 1. The number of hydrogen-bond donors (Lipinski definition) is 1. The van der Waals surface area contributed by atoms with Crippen molar-refractivity contribution in [2.75, 3.05) is 11.9 Å². The maximum absolute atomic E-state index is 6.18. The summed E-state index contributed by atoms with van der Waals surface area (Å²) in [5.74, 6) is 0.959. The molecule has 2 aromatic carbocycles. The Kier molecular flexibility index (Phi) is 4.34. The molecule has 1 heterocycles. The molecule has 2 nitrogen and oxygen atoms in total. The summed E-state index contributed by atoms with van der Waals surface area (Å²) in [7, 11) is 0. The Balaban J connectivity index is 1.84. The molecule has 0 spiro atoms. The Labute approximate surface area is 142 Å². The lowest BCUT2D eigenvalue weighted by Gasteiger charge is -2.13. The third-order valence-electron chi connectivity index (χ3n) is 3.54. The first-order valence-corrected chi connectivity index (χ1v) is 8.23. The van der Waals surface area contributed by atoms with Gasteiger partial charge in [0.05, 0.1) is 12.3 Å². The molecule has 0 fully saturated rings. The summed E-state index contributed by atoms with van der Waals surface area (Å²) in [6.07, 6.45) is 0.920. The first-order chi connectivity index (χ1) is 10.0. The van der Waals surface area contributed by atoms with Crippen LogP contribution in [0.3, 0.4) is 0 Å². The van der Waals surface area contributed by atoms with Crippen LogP contribution in [0.2, 0.25) is 10.0 Å². The number of nitrogens with one attached hydrogen (secondary N) is 1. The average molecular weight is 387 g/mol. The second-order valence-electron chi connectivity index (χ2n) is 5.09. The second-order valence-corrected chi connectivity index (χ2v) is 6.78. The van der Waals surface area contributed by atoms with E-state index in [2.05, 4.69) is 21.2 Å². The third-order valence-corrected chi connectivity index (χ3v) is 4.82. The van der Waals surface area contributed by atoms with E-state index in [-0.39, 0.29) is 0 Å². The fourth-order valence-electron chi connectivity index (χ4n) is 2.45. The molecule has 0 amide bonds. The van der Waals surface area contributed by atoms with E-state index in [1.165, 1.54) is 5.56 Å². The summed E-state index contributed by atoms with van der Waals surface area (Å²) >= 11 is 15.9. The smallest absolute Gasteiger partial charge is 0.127 e. The number of fused-ring (bicyclic) bond motifs is 1. The SMILES string of the molecule is Cc1cc(Br)c(NCc2cc(Cl)cc3c2OCC3)cc1Cl. The van der Waals surface area contributed by atoms with Gasteiger partial charge in [-0.3, -0.25) is 0 Å². The van der Waals surface area contributed by atoms with Gasteiger partial charge in [-0.25, -0.2) is 0 Å². The van der Waals surface area contributed by atoms with Gasteiger partial charge in [0.1, 0.15) is 5.75 Å². The standard InChI is InChI=1S/C16H14BrCl2NO/c1-9-4-13(17)15(7-14(9)19)20-8-11-6-12(18)5-10-2-3-21-16(10)11/h4-7,20H,2-3,8H2,1H3. The van der Waals surface area contributed by atoms with Gasteiger partial charge >= 0.3 is 0 Å². The van der Waals surface area contributed by atoms with E-state index in [1.54, 1.807) is 0 Å². The van der Waals surface area contributed by atoms with Crippen LogP contribution in [-0.2, 0) is 13.0 Å². The van der Waals surface area contributed by atoms with Crippen molar-refractivity contribution in [2.24, 2.45) is 0 Å². The minimum atomic E-state index is 0.640. The maximum atomic E-state index is 6.18. The van der Waals surface area contributed by atoms with Gasteiger partial charge in [0.25, 0.3) is 0 Å². The lowest BCUT2D eigenvalue weighted by atomic mass is 10.1. The molecule has 0 aromatic heterocycles. The Morgan fingerprint density at radius 2 is 2.05 bits per heavy atom. The Morgan fingerprint density at radius 3 is 2.86 bits per heavy atom. The molecule has 0 saturated carbocycles. The molecule has 110 valence electrons. The molecule has 0 aliphatic carbocycles. The predicted molar refractivity (Wildman–Crippen MR) is 91.9 cm³/mol. The van der Waals surface area contributed by atoms with E-state index in [9.17, 15) is 0 Å². The average Bonchev–Trinajstić information content (AvgIpc) is 2.89. The first-order valence-electron chi connectivity index (χ1n) is 6.68. The van der Waals surface area contributed by atoms with E-state index in [4.69, 9.17) is 27.9 Å². The highest BCUT2D eigenvalue weighted by Gasteiger charge is 2.17. The third kappa shape index (κ3) is 3.15. The highest BCUT2D eigenvalue weighted by atomic mass is 79.9. The van der Waals surface area contributed by atoms with E-state index in [0.717, 1.165) is 50.1 Å². The van der Waals surface area contributed by atoms with E-state index >= 15 is 0 Å². The number of benzene rings is 2. The van der Waals surface area contributed by atoms with Crippen LogP contribution in [0.1, 0.15) is 16.7 Å². The molecular weight excluding hydrogens is 373 g/mol. The summed E-state index contributed by atoms with van der Waals surface area (Å²) in [4.78, 5) is 0. The summed E-state index contributed by atoms with van der Waals surface area (Å²) in [6, 6.07) is 7.85. The van der Waals surface area contributed by atoms with E-state index in [0.29, 0.717) is 6.54 Å². The van der Waals surface area contributed by atoms with Crippen LogP contribution in [0.4, 0.5) is 5.69 Å². The largest absolute Gasteiger partial charge is 0.493 e. The molecule has 1 aliphatic heterocycles. The molecule has 2 aromatic rings. The molecule has 5 heteroatoms. The van der Waals surface area contributed by atoms with Crippen LogP contribution >= 0.6 is 39.1 Å². The van der Waals surface area contributed by atoms with Crippen LogP contribution in [-0.4, -0.2) is 6.61 Å². The summed E-state index contributed by atoms with van der Waals surface area (Å²) in [6.45, 7) is 3.35. The topological polar surface area (TPSA) is 21.3 Å². The monoisotopic (exact) mass is 385 g/mol. The van der Waals surface area contributed by atoms with Gasteiger partial charge in [-0.2, -0.15) is 0 Å². The zero-order valence-corrected chi connectivity index (χ0v) is 14.6. The van der Waals surface area contributed by atoms with Crippen molar-refractivity contribution in [1.82, 2.24) is 0 Å². The summed E-state index contributed by atoms with van der Waals surface area (Å²) < 4.78 is 6.70. The minimum absolute atomic E-state index is 0.640. The van der Waals surface area contributed by atoms with Crippen LogP contribution in [0.25, 0.3) is 0 Å². The summed E-state index contributed by atoms with van der Waals surface area (Å²) in [5, 5.41) is 4.88. The quantitative estimate of drug-likeness (QED) is 0.739. The Hall–Kier alpha value is -0.900.